The van der Waals surface area contributed by atoms with E-state index >= 15 is 0 Å². The highest BCUT2D eigenvalue weighted by Gasteiger charge is 2.47. The molecular formula is C13H15NO3. The predicted molar refractivity (Wildman–Crippen MR) is 61.8 cm³/mol. The lowest BCUT2D eigenvalue weighted by atomic mass is 9.99. The first-order chi connectivity index (χ1) is 8.16. The molecule has 1 aromatic carbocycles. The third kappa shape index (κ3) is 1.78. The van der Waals surface area contributed by atoms with Gasteiger partial charge in [0.25, 0.3) is 0 Å². The second-order valence-corrected chi connectivity index (χ2v) is 4.84. The van der Waals surface area contributed by atoms with Gasteiger partial charge in [-0.25, -0.2) is 0 Å². The summed E-state index contributed by atoms with van der Waals surface area (Å²) in [5, 5.41) is 8.90. The normalized spacial score (nSPS) is 27.1. The average molecular weight is 233 g/mol. The van der Waals surface area contributed by atoms with Gasteiger partial charge in [0.05, 0.1) is 12.5 Å². The molecule has 4 heteroatoms. The molecule has 2 aliphatic rings. The van der Waals surface area contributed by atoms with Crippen LogP contribution in [0.4, 0.5) is 0 Å². The van der Waals surface area contributed by atoms with Crippen molar-refractivity contribution < 1.29 is 14.6 Å². The molecule has 3 rings (SSSR count). The monoisotopic (exact) mass is 233 g/mol. The maximum atomic E-state index is 10.8. The summed E-state index contributed by atoms with van der Waals surface area (Å²) in [5.41, 5.74) is 8.33. The van der Waals surface area contributed by atoms with Gasteiger partial charge in [0, 0.05) is 12.5 Å². The van der Waals surface area contributed by atoms with E-state index in [1.165, 1.54) is 5.56 Å². The number of rotatable bonds is 3. The molecule has 0 bridgehead atoms. The summed E-state index contributed by atoms with van der Waals surface area (Å²) in [4.78, 5) is 10.8. The minimum atomic E-state index is -0.727. The van der Waals surface area contributed by atoms with E-state index in [2.05, 4.69) is 6.07 Å². The van der Waals surface area contributed by atoms with Gasteiger partial charge in [-0.15, -0.1) is 0 Å². The first-order valence-electron chi connectivity index (χ1n) is 5.91. The lowest BCUT2D eigenvalue weighted by Gasteiger charge is -2.12. The summed E-state index contributed by atoms with van der Waals surface area (Å²) in [6, 6.07) is 5.79. The van der Waals surface area contributed by atoms with Gasteiger partial charge in [0.2, 0.25) is 0 Å². The fourth-order valence-corrected chi connectivity index (χ4v) is 2.56. The highest BCUT2D eigenvalue weighted by molar-refractivity contribution is 5.73. The fraction of sp³-hybridized carbons (Fsp3) is 0.462. The van der Waals surface area contributed by atoms with Crippen LogP contribution in [0.3, 0.4) is 0 Å². The number of carboxylic acid groups (broad SMARTS) is 1. The largest absolute Gasteiger partial charge is 0.493 e. The van der Waals surface area contributed by atoms with Crippen LogP contribution in [0.2, 0.25) is 0 Å². The van der Waals surface area contributed by atoms with Crippen LogP contribution >= 0.6 is 0 Å². The van der Waals surface area contributed by atoms with Crippen LogP contribution in [0.25, 0.3) is 0 Å². The van der Waals surface area contributed by atoms with Crippen molar-refractivity contribution in [1.29, 1.82) is 0 Å². The Morgan fingerprint density at radius 3 is 3.06 bits per heavy atom. The van der Waals surface area contributed by atoms with Gasteiger partial charge in [0.1, 0.15) is 5.75 Å². The second-order valence-electron chi connectivity index (χ2n) is 4.84. The maximum Gasteiger partial charge on any atom is 0.306 e. The van der Waals surface area contributed by atoms with Gasteiger partial charge in [0.15, 0.2) is 0 Å². The van der Waals surface area contributed by atoms with Crippen LogP contribution in [0.15, 0.2) is 18.2 Å². The number of nitrogens with two attached hydrogens (primary N) is 1. The van der Waals surface area contributed by atoms with Crippen LogP contribution in [0.5, 0.6) is 5.75 Å². The zero-order valence-corrected chi connectivity index (χ0v) is 9.43. The number of ether oxygens (including phenoxy) is 1. The molecule has 3 atom stereocenters. The summed E-state index contributed by atoms with van der Waals surface area (Å²) < 4.78 is 5.43. The Hall–Kier alpha value is -1.55. The van der Waals surface area contributed by atoms with Gasteiger partial charge >= 0.3 is 5.97 Å². The lowest BCUT2D eigenvalue weighted by Crippen LogP contribution is -2.15. The molecule has 1 saturated carbocycles. The Balaban J connectivity index is 1.79. The quantitative estimate of drug-likeness (QED) is 0.826. The number of aliphatic carboxylic acids is 1. The number of benzene rings is 1. The Bertz CT molecular complexity index is 472. The van der Waals surface area contributed by atoms with E-state index in [1.807, 2.05) is 12.1 Å². The minimum Gasteiger partial charge on any atom is -0.493 e. The van der Waals surface area contributed by atoms with E-state index in [1.54, 1.807) is 0 Å². The molecule has 0 spiro atoms. The van der Waals surface area contributed by atoms with E-state index in [0.29, 0.717) is 6.42 Å². The van der Waals surface area contributed by atoms with Gasteiger partial charge in [-0.2, -0.15) is 0 Å². The number of fused-ring (bicyclic) bond motifs is 1. The molecule has 1 aromatic rings. The third-order valence-electron chi connectivity index (χ3n) is 3.72. The summed E-state index contributed by atoms with van der Waals surface area (Å²) in [7, 11) is 0. The second kappa shape index (κ2) is 3.74. The number of carbonyl (C=O) groups is 1. The molecule has 1 heterocycles. The topological polar surface area (TPSA) is 72.5 Å². The smallest absolute Gasteiger partial charge is 0.306 e. The molecule has 0 radical (unpaired) electrons. The zero-order chi connectivity index (χ0) is 12.0. The predicted octanol–water partition coefficient (Wildman–Crippen LogP) is 1.34. The van der Waals surface area contributed by atoms with Crippen molar-refractivity contribution in [2.45, 2.75) is 18.9 Å². The Morgan fingerprint density at radius 2 is 2.35 bits per heavy atom. The van der Waals surface area contributed by atoms with Gasteiger partial charge in [-0.3, -0.25) is 4.79 Å². The van der Waals surface area contributed by atoms with Crippen molar-refractivity contribution in [2.75, 3.05) is 6.61 Å². The zero-order valence-electron chi connectivity index (χ0n) is 9.43. The number of hydrogen-bond acceptors (Lipinski definition) is 3. The van der Waals surface area contributed by atoms with Crippen molar-refractivity contribution in [2.24, 2.45) is 17.6 Å². The average Bonchev–Trinajstić information content (AvgIpc) is 2.99. The minimum absolute atomic E-state index is 0.0906. The molecule has 1 aliphatic heterocycles. The molecule has 17 heavy (non-hydrogen) atoms. The van der Waals surface area contributed by atoms with Crippen molar-refractivity contribution in [1.82, 2.24) is 0 Å². The molecule has 0 amide bonds. The van der Waals surface area contributed by atoms with Crippen molar-refractivity contribution in [3.05, 3.63) is 29.3 Å². The molecule has 1 fully saturated rings. The van der Waals surface area contributed by atoms with Crippen LogP contribution in [-0.2, 0) is 11.2 Å². The summed E-state index contributed by atoms with van der Waals surface area (Å²) in [5.74, 6) is 0.0452. The van der Waals surface area contributed by atoms with Crippen molar-refractivity contribution in [3.8, 4) is 5.75 Å². The Kier molecular flexibility index (Phi) is 2.33. The van der Waals surface area contributed by atoms with Crippen molar-refractivity contribution >= 4 is 5.97 Å². The number of hydrogen-bond donors (Lipinski definition) is 2. The first-order valence-corrected chi connectivity index (χ1v) is 5.91. The molecule has 1 aliphatic carbocycles. The van der Waals surface area contributed by atoms with Crippen LogP contribution in [0.1, 0.15) is 23.6 Å². The summed E-state index contributed by atoms with van der Waals surface area (Å²) in [6.07, 6.45) is 1.62. The van der Waals surface area contributed by atoms with Crippen LogP contribution in [-0.4, -0.2) is 17.7 Å². The van der Waals surface area contributed by atoms with E-state index < -0.39 is 5.97 Å². The summed E-state index contributed by atoms with van der Waals surface area (Å²) in [6.45, 7) is 0.731. The highest BCUT2D eigenvalue weighted by atomic mass is 16.5. The van der Waals surface area contributed by atoms with E-state index in [0.717, 1.165) is 24.3 Å². The van der Waals surface area contributed by atoms with E-state index in [9.17, 15) is 4.79 Å². The van der Waals surface area contributed by atoms with E-state index in [-0.39, 0.29) is 17.9 Å². The van der Waals surface area contributed by atoms with Crippen molar-refractivity contribution in [3.63, 3.8) is 0 Å². The SMILES string of the molecule is NC(c1ccc2c(c1)CCO2)C1CC1C(=O)O. The molecular weight excluding hydrogens is 218 g/mol. The highest BCUT2D eigenvalue weighted by Crippen LogP contribution is 2.46. The lowest BCUT2D eigenvalue weighted by molar-refractivity contribution is -0.138. The molecule has 0 aromatic heterocycles. The summed E-state index contributed by atoms with van der Waals surface area (Å²) >= 11 is 0. The fourth-order valence-electron chi connectivity index (χ4n) is 2.56. The number of carboxylic acids is 1. The van der Waals surface area contributed by atoms with Crippen LogP contribution in [0, 0.1) is 11.8 Å². The molecule has 0 saturated heterocycles. The maximum absolute atomic E-state index is 10.8. The molecule has 3 unspecified atom stereocenters. The molecule has 3 N–H and O–H groups in total. The molecule has 4 nitrogen and oxygen atoms in total. The molecule has 90 valence electrons. The third-order valence-corrected chi connectivity index (χ3v) is 3.72. The van der Waals surface area contributed by atoms with E-state index in [4.69, 9.17) is 15.6 Å². The first kappa shape index (κ1) is 10.6. The Morgan fingerprint density at radius 1 is 1.53 bits per heavy atom. The van der Waals surface area contributed by atoms with Gasteiger partial charge in [-0.05, 0) is 29.5 Å². The van der Waals surface area contributed by atoms with Crippen LogP contribution < -0.4 is 10.5 Å². The standard InChI is InChI=1S/C13H15NO3/c14-12(9-6-10(9)13(15)16)8-1-2-11-7(5-8)3-4-17-11/h1-2,5,9-10,12H,3-4,6,14H2,(H,15,16). The van der Waals surface area contributed by atoms with Gasteiger partial charge < -0.3 is 15.6 Å². The van der Waals surface area contributed by atoms with Gasteiger partial charge in [-0.1, -0.05) is 12.1 Å². The Labute approximate surface area is 99.4 Å².